The number of H-pyrrole nitrogens is 1. The van der Waals surface area contributed by atoms with E-state index < -0.39 is 0 Å². The minimum atomic E-state index is -0.0989. The van der Waals surface area contributed by atoms with E-state index in [0.29, 0.717) is 33.3 Å². The summed E-state index contributed by atoms with van der Waals surface area (Å²) in [6.07, 6.45) is 0. The van der Waals surface area contributed by atoms with Gasteiger partial charge in [-0.25, -0.2) is 4.98 Å². The van der Waals surface area contributed by atoms with Gasteiger partial charge in [0.2, 0.25) is 0 Å². The highest BCUT2D eigenvalue weighted by Crippen LogP contribution is 2.21. The fourth-order valence-electron chi connectivity index (χ4n) is 2.70. The molecule has 0 aliphatic heterocycles. The van der Waals surface area contributed by atoms with Gasteiger partial charge in [-0.2, -0.15) is 0 Å². The Kier molecular flexibility index (Phi) is 5.53. The van der Waals surface area contributed by atoms with Crippen molar-refractivity contribution in [3.8, 4) is 0 Å². The lowest BCUT2D eigenvalue weighted by molar-refractivity contribution is 0.102. The Hall–Kier alpha value is -2.05. The van der Waals surface area contributed by atoms with Gasteiger partial charge in [-0.05, 0) is 43.2 Å². The molecule has 2 heterocycles. The Morgan fingerprint density at radius 1 is 1.31 bits per heavy atom. The predicted molar refractivity (Wildman–Crippen MR) is 106 cm³/mol. The second kappa shape index (κ2) is 7.68. The summed E-state index contributed by atoms with van der Waals surface area (Å²) < 4.78 is 1.66. The van der Waals surface area contributed by atoms with Gasteiger partial charge < -0.3 is 4.98 Å². The third-order valence-electron chi connectivity index (χ3n) is 3.88. The van der Waals surface area contributed by atoms with Gasteiger partial charge in [0.25, 0.3) is 5.56 Å². The molecule has 0 saturated carbocycles. The standard InChI is InChI=1S/C19H20ClN3O2S/c1-11(2)9-23-18(25)17-15(8-12(3)21-17)22-19(23)26-10-16(24)13-4-6-14(20)7-5-13/h4-8,11,21H,9-10H2,1-3H3. The van der Waals surface area contributed by atoms with Crippen molar-refractivity contribution in [1.82, 2.24) is 14.5 Å². The van der Waals surface area contributed by atoms with Gasteiger partial charge in [0.15, 0.2) is 10.9 Å². The molecule has 0 spiro atoms. The number of benzene rings is 1. The van der Waals surface area contributed by atoms with Crippen molar-refractivity contribution < 1.29 is 4.79 Å². The number of Topliss-reactive ketones (excluding diaryl/α,β-unsaturated/α-hetero) is 1. The van der Waals surface area contributed by atoms with Gasteiger partial charge in [0.1, 0.15) is 5.52 Å². The maximum Gasteiger partial charge on any atom is 0.278 e. The first-order valence-corrected chi connectivity index (χ1v) is 9.73. The molecular formula is C19H20ClN3O2S. The van der Waals surface area contributed by atoms with E-state index in [1.54, 1.807) is 28.8 Å². The van der Waals surface area contributed by atoms with Gasteiger partial charge in [-0.15, -0.1) is 0 Å². The van der Waals surface area contributed by atoms with Crippen molar-refractivity contribution in [2.45, 2.75) is 32.5 Å². The molecule has 0 amide bonds. The number of aryl methyl sites for hydroxylation is 1. The van der Waals surface area contributed by atoms with Crippen molar-refractivity contribution in [2.24, 2.45) is 5.92 Å². The van der Waals surface area contributed by atoms with Crippen LogP contribution in [0.15, 0.2) is 40.3 Å². The number of hydrogen-bond donors (Lipinski definition) is 1. The third kappa shape index (κ3) is 4.02. The van der Waals surface area contributed by atoms with Crippen LogP contribution in [-0.4, -0.2) is 26.1 Å². The lowest BCUT2D eigenvalue weighted by atomic mass is 10.1. The first-order valence-electron chi connectivity index (χ1n) is 8.37. The first kappa shape index (κ1) is 18.7. The number of carbonyl (C=O) groups is 1. The monoisotopic (exact) mass is 389 g/mol. The number of aromatic nitrogens is 3. The SMILES string of the molecule is Cc1cc2nc(SCC(=O)c3ccc(Cl)cc3)n(CC(C)C)c(=O)c2[nH]1. The molecule has 0 saturated heterocycles. The molecule has 0 fully saturated rings. The summed E-state index contributed by atoms with van der Waals surface area (Å²) in [6.45, 7) is 6.54. The van der Waals surface area contributed by atoms with E-state index in [1.807, 2.05) is 26.8 Å². The molecule has 0 aliphatic carbocycles. The third-order valence-corrected chi connectivity index (χ3v) is 5.11. The van der Waals surface area contributed by atoms with Crippen LogP contribution in [0, 0.1) is 12.8 Å². The molecular weight excluding hydrogens is 370 g/mol. The molecule has 0 aliphatic rings. The van der Waals surface area contributed by atoms with Crippen molar-refractivity contribution in [2.75, 3.05) is 5.75 Å². The maximum atomic E-state index is 12.8. The summed E-state index contributed by atoms with van der Waals surface area (Å²) in [5.41, 5.74) is 2.53. The Labute approximate surface area is 160 Å². The van der Waals surface area contributed by atoms with Crippen LogP contribution in [0.3, 0.4) is 0 Å². The van der Waals surface area contributed by atoms with E-state index in [1.165, 1.54) is 11.8 Å². The van der Waals surface area contributed by atoms with Crippen LogP contribution in [0.4, 0.5) is 0 Å². The lowest BCUT2D eigenvalue weighted by Gasteiger charge is -2.13. The van der Waals surface area contributed by atoms with Crippen molar-refractivity contribution in [3.63, 3.8) is 0 Å². The molecule has 0 unspecified atom stereocenters. The van der Waals surface area contributed by atoms with E-state index >= 15 is 0 Å². The number of ketones is 1. The maximum absolute atomic E-state index is 12.8. The number of thioether (sulfide) groups is 1. The van der Waals surface area contributed by atoms with Crippen molar-refractivity contribution >= 4 is 40.2 Å². The first-order chi connectivity index (χ1) is 12.3. The summed E-state index contributed by atoms with van der Waals surface area (Å²) in [4.78, 5) is 32.9. The molecule has 0 radical (unpaired) electrons. The van der Waals surface area contributed by atoms with Gasteiger partial charge in [0.05, 0.1) is 11.3 Å². The number of nitrogens with one attached hydrogen (secondary N) is 1. The van der Waals surface area contributed by atoms with E-state index in [4.69, 9.17) is 11.6 Å². The van der Waals surface area contributed by atoms with Crippen molar-refractivity contribution in [1.29, 1.82) is 0 Å². The Morgan fingerprint density at radius 3 is 2.65 bits per heavy atom. The van der Waals surface area contributed by atoms with E-state index in [-0.39, 0.29) is 23.0 Å². The molecule has 26 heavy (non-hydrogen) atoms. The van der Waals surface area contributed by atoms with Gasteiger partial charge in [-0.1, -0.05) is 37.2 Å². The fourth-order valence-corrected chi connectivity index (χ4v) is 3.73. The summed E-state index contributed by atoms with van der Waals surface area (Å²) >= 11 is 7.16. The van der Waals surface area contributed by atoms with Crippen LogP contribution >= 0.6 is 23.4 Å². The minimum absolute atomic E-state index is 0.0256. The molecule has 1 N–H and O–H groups in total. The summed E-state index contributed by atoms with van der Waals surface area (Å²) in [5.74, 6) is 0.470. The molecule has 136 valence electrons. The molecule has 3 rings (SSSR count). The quantitative estimate of drug-likeness (QED) is 0.387. The van der Waals surface area contributed by atoms with Crippen LogP contribution < -0.4 is 5.56 Å². The van der Waals surface area contributed by atoms with Crippen LogP contribution in [0.25, 0.3) is 11.0 Å². The topological polar surface area (TPSA) is 67.8 Å². The molecule has 1 aromatic carbocycles. The lowest BCUT2D eigenvalue weighted by Crippen LogP contribution is -2.25. The molecule has 0 bridgehead atoms. The second-order valence-electron chi connectivity index (χ2n) is 6.64. The summed E-state index contributed by atoms with van der Waals surface area (Å²) in [6, 6.07) is 8.65. The Balaban J connectivity index is 1.91. The zero-order valence-electron chi connectivity index (χ0n) is 14.9. The van der Waals surface area contributed by atoms with Crippen LogP contribution in [0.2, 0.25) is 5.02 Å². The summed E-state index contributed by atoms with van der Waals surface area (Å²) in [5, 5.41) is 1.16. The average Bonchev–Trinajstić information content (AvgIpc) is 2.96. The zero-order valence-corrected chi connectivity index (χ0v) is 16.4. The number of nitrogens with zero attached hydrogens (tertiary/aromatic N) is 2. The number of carbonyl (C=O) groups excluding carboxylic acids is 1. The molecule has 2 aromatic heterocycles. The fraction of sp³-hybridized carbons (Fsp3) is 0.316. The normalized spacial score (nSPS) is 11.4. The van der Waals surface area contributed by atoms with Crippen LogP contribution in [-0.2, 0) is 6.54 Å². The molecule has 5 nitrogen and oxygen atoms in total. The zero-order chi connectivity index (χ0) is 18.8. The van der Waals surface area contributed by atoms with E-state index in [9.17, 15) is 9.59 Å². The molecule has 7 heteroatoms. The highest BCUT2D eigenvalue weighted by atomic mass is 35.5. The van der Waals surface area contributed by atoms with Crippen molar-refractivity contribution in [3.05, 3.63) is 57.0 Å². The Bertz CT molecular complexity index is 1010. The number of aromatic amines is 1. The van der Waals surface area contributed by atoms with Crippen LogP contribution in [0.1, 0.15) is 29.9 Å². The van der Waals surface area contributed by atoms with E-state index in [0.717, 1.165) is 5.69 Å². The smallest absolute Gasteiger partial charge is 0.278 e. The van der Waals surface area contributed by atoms with Gasteiger partial charge in [-0.3, -0.25) is 14.2 Å². The number of rotatable bonds is 6. The minimum Gasteiger partial charge on any atom is -0.353 e. The average molecular weight is 390 g/mol. The highest BCUT2D eigenvalue weighted by Gasteiger charge is 2.16. The predicted octanol–water partition coefficient (Wildman–Crippen LogP) is 4.32. The molecule has 3 aromatic rings. The summed E-state index contributed by atoms with van der Waals surface area (Å²) in [7, 11) is 0. The Morgan fingerprint density at radius 2 is 2.00 bits per heavy atom. The van der Waals surface area contributed by atoms with Crippen LogP contribution in [0.5, 0.6) is 0 Å². The number of hydrogen-bond acceptors (Lipinski definition) is 4. The van der Waals surface area contributed by atoms with Gasteiger partial charge >= 0.3 is 0 Å². The molecule has 0 atom stereocenters. The number of halogens is 1. The second-order valence-corrected chi connectivity index (χ2v) is 8.01. The number of fused-ring (bicyclic) bond motifs is 1. The van der Waals surface area contributed by atoms with E-state index in [2.05, 4.69) is 9.97 Å². The van der Waals surface area contributed by atoms with Gasteiger partial charge in [0, 0.05) is 22.8 Å². The largest absolute Gasteiger partial charge is 0.353 e. The highest BCUT2D eigenvalue weighted by molar-refractivity contribution is 7.99.